The zero-order valence-electron chi connectivity index (χ0n) is 40.3. The van der Waals surface area contributed by atoms with Gasteiger partial charge in [-0.25, -0.2) is 0 Å². The molecule has 0 saturated carbocycles. The van der Waals surface area contributed by atoms with Gasteiger partial charge in [-0.05, 0) is 225 Å². The number of rotatable bonds is 18. The molecule has 0 N–H and O–H groups in total. The van der Waals surface area contributed by atoms with Crippen LogP contribution in [-0.2, 0) is 0 Å². The van der Waals surface area contributed by atoms with Gasteiger partial charge < -0.3 is 18.9 Å². The average Bonchev–Trinajstić information content (AvgIpc) is 3.42. The monoisotopic (exact) mass is 1430 g/mol. The summed E-state index contributed by atoms with van der Waals surface area (Å²) in [5.74, 6) is 1.43. The number of unbranched alkanes of at least 4 members (excludes halogenated alkanes) is 6. The lowest BCUT2D eigenvalue weighted by atomic mass is 9.80. The highest BCUT2D eigenvalue weighted by Gasteiger charge is 2.41. The Bertz CT molecular complexity index is 3250. The van der Waals surface area contributed by atoms with E-state index in [4.69, 9.17) is 18.9 Å². The molecule has 9 aromatic rings. The van der Waals surface area contributed by atoms with Crippen molar-refractivity contribution in [2.75, 3.05) is 13.1 Å². The first-order valence-electron chi connectivity index (χ1n) is 24.7. The Labute approximate surface area is 482 Å². The van der Waals surface area contributed by atoms with Gasteiger partial charge in [0.25, 0.3) is 23.6 Å². The number of ether oxygens (including phenoxy) is 4. The van der Waals surface area contributed by atoms with E-state index in [1.165, 1.54) is 9.80 Å². The van der Waals surface area contributed by atoms with Crippen LogP contribution in [-0.4, -0.2) is 46.5 Å². The molecule has 2 aliphatic heterocycles. The second-order valence-corrected chi connectivity index (χ2v) is 23.5. The predicted molar refractivity (Wildman–Crippen MR) is 324 cm³/mol. The van der Waals surface area contributed by atoms with Crippen LogP contribution < -0.4 is 18.9 Å². The molecule has 0 atom stereocenters. The molecule has 9 aromatic carbocycles. The van der Waals surface area contributed by atoms with E-state index >= 15 is 19.2 Å². The van der Waals surface area contributed by atoms with Crippen LogP contribution in [0.5, 0.6) is 46.0 Å². The second kappa shape index (κ2) is 21.4. The third kappa shape index (κ3) is 9.43. The number of benzene rings is 9. The molecule has 0 unspecified atom stereocenters. The third-order valence-electron chi connectivity index (χ3n) is 13.7. The first kappa shape index (κ1) is 50.8. The Hall–Kier alpha value is -5.32. The second-order valence-electron chi connectivity index (χ2n) is 18.6. The van der Waals surface area contributed by atoms with E-state index in [9.17, 15) is 0 Å². The standard InChI is InChI=1S/C60H46I4N2O8/c1-3-5-7-9-27-65-57(67)41-29-45(71-37-19-11-33(61)12-20-37)51-53-47(73-39-23-15-35(63)16-24-39)31-43-50-44(60(70)66(59(43)69)28-10-8-6-4-2)32-48(74-40-25-17-36(64)18-26-40)54(56(50)53)52-46(72-38-21-13-34(62)14-22-38)30-42(58(65)68)49(41)55(51)52/h11-26,29-32H,3-10,27-28H2,1-2H3. The van der Waals surface area contributed by atoms with E-state index in [-0.39, 0.29) is 35.3 Å². The van der Waals surface area contributed by atoms with Crippen LogP contribution in [0.1, 0.15) is 107 Å². The summed E-state index contributed by atoms with van der Waals surface area (Å²) in [4.78, 5) is 63.5. The minimum absolute atomic E-state index is 0.232. The molecule has 4 amide bonds. The summed E-state index contributed by atoms with van der Waals surface area (Å²) in [7, 11) is 0. The molecule has 0 radical (unpaired) electrons. The molecule has 10 nitrogen and oxygen atoms in total. The number of fused-ring (bicyclic) bond motifs is 2. The quantitative estimate of drug-likeness (QED) is 0.0275. The number of carbonyl (C=O) groups is 4. The van der Waals surface area contributed by atoms with Crippen LogP contribution in [0.15, 0.2) is 121 Å². The van der Waals surface area contributed by atoms with Crippen molar-refractivity contribution < 1.29 is 38.1 Å². The third-order valence-corrected chi connectivity index (χ3v) is 16.6. The van der Waals surface area contributed by atoms with Gasteiger partial charge in [0, 0.05) is 70.5 Å². The molecule has 74 heavy (non-hydrogen) atoms. The molecule has 0 spiro atoms. The largest absolute Gasteiger partial charge is 0.457 e. The van der Waals surface area contributed by atoms with E-state index in [0.717, 1.165) is 52.8 Å². The summed E-state index contributed by atoms with van der Waals surface area (Å²) in [6.45, 7) is 4.71. The van der Waals surface area contributed by atoms with Crippen LogP contribution in [0.3, 0.4) is 0 Å². The molecule has 0 aromatic heterocycles. The van der Waals surface area contributed by atoms with Crippen molar-refractivity contribution >= 4 is 157 Å². The lowest BCUT2D eigenvalue weighted by Gasteiger charge is -2.32. The molecule has 372 valence electrons. The van der Waals surface area contributed by atoms with E-state index in [1.807, 2.05) is 97.1 Å². The molecule has 0 aliphatic carbocycles. The molecule has 2 aliphatic rings. The topological polar surface area (TPSA) is 112 Å². The maximum atomic E-state index is 15.2. The number of nitrogens with zero attached hydrogens (tertiary/aromatic N) is 2. The van der Waals surface area contributed by atoms with Gasteiger partial charge in [-0.15, -0.1) is 0 Å². The molecule has 11 rings (SSSR count). The molecule has 0 fully saturated rings. The Morgan fingerprint density at radius 1 is 0.324 bits per heavy atom. The van der Waals surface area contributed by atoms with Gasteiger partial charge in [0.05, 0.1) is 22.3 Å². The van der Waals surface area contributed by atoms with Crippen molar-refractivity contribution in [3.8, 4) is 46.0 Å². The van der Waals surface area contributed by atoms with Gasteiger partial charge in [0.1, 0.15) is 46.0 Å². The lowest BCUT2D eigenvalue weighted by molar-refractivity contribution is 0.0592. The molecular formula is C60H46I4N2O8. The van der Waals surface area contributed by atoms with Gasteiger partial charge in [-0.3, -0.25) is 29.0 Å². The molecule has 0 bridgehead atoms. The minimum Gasteiger partial charge on any atom is -0.457 e. The predicted octanol–water partition coefficient (Wildman–Crippen LogP) is 17.7. The number of halogens is 4. The normalized spacial score (nSPS) is 13.3. The molecular weight excluding hydrogens is 1380 g/mol. The molecule has 14 heteroatoms. The summed E-state index contributed by atoms with van der Waals surface area (Å²) in [5, 5.41) is 3.79. The Morgan fingerprint density at radius 3 is 0.797 bits per heavy atom. The number of imide groups is 2. The zero-order valence-corrected chi connectivity index (χ0v) is 48.9. The van der Waals surface area contributed by atoms with Gasteiger partial charge >= 0.3 is 0 Å². The smallest absolute Gasteiger partial charge is 0.261 e. The average molecular weight is 1430 g/mol. The number of amides is 4. The zero-order chi connectivity index (χ0) is 51.4. The van der Waals surface area contributed by atoms with Crippen molar-refractivity contribution in [2.45, 2.75) is 65.2 Å². The molecule has 0 saturated heterocycles. The van der Waals surface area contributed by atoms with E-state index in [2.05, 4.69) is 104 Å². The fourth-order valence-corrected chi connectivity index (χ4v) is 11.7. The van der Waals surface area contributed by atoms with Crippen molar-refractivity contribution in [3.05, 3.63) is 158 Å². The molecule has 2 heterocycles. The summed E-state index contributed by atoms with van der Waals surface area (Å²) in [5.41, 5.74) is 1.15. The van der Waals surface area contributed by atoms with Crippen LogP contribution in [0.25, 0.3) is 43.1 Å². The van der Waals surface area contributed by atoms with E-state index in [1.54, 1.807) is 24.3 Å². The highest BCUT2D eigenvalue weighted by atomic mass is 127. The van der Waals surface area contributed by atoms with Crippen molar-refractivity contribution in [2.24, 2.45) is 0 Å². The summed E-state index contributed by atoms with van der Waals surface area (Å²) in [6, 6.07) is 37.4. The van der Waals surface area contributed by atoms with Crippen molar-refractivity contribution in [1.29, 1.82) is 0 Å². The Morgan fingerprint density at radius 2 is 0.568 bits per heavy atom. The first-order valence-corrected chi connectivity index (χ1v) is 29.1. The summed E-state index contributed by atoms with van der Waals surface area (Å²) >= 11 is 9.00. The lowest BCUT2D eigenvalue weighted by Crippen LogP contribution is -2.41. The Kier molecular flexibility index (Phi) is 14.7. The summed E-state index contributed by atoms with van der Waals surface area (Å²) in [6.07, 6.45) is 6.93. The number of hydrogen-bond acceptors (Lipinski definition) is 8. The van der Waals surface area contributed by atoms with Crippen LogP contribution >= 0.6 is 90.4 Å². The number of hydrogen-bond donors (Lipinski definition) is 0. The fraction of sp³-hybridized carbons (Fsp3) is 0.200. The van der Waals surface area contributed by atoms with Crippen LogP contribution in [0.4, 0.5) is 0 Å². The van der Waals surface area contributed by atoms with Gasteiger partial charge in [0.2, 0.25) is 0 Å². The van der Waals surface area contributed by atoms with Crippen molar-refractivity contribution in [1.82, 2.24) is 9.80 Å². The fourth-order valence-electron chi connectivity index (χ4n) is 10.2. The summed E-state index contributed by atoms with van der Waals surface area (Å²) < 4.78 is 32.2. The van der Waals surface area contributed by atoms with Crippen molar-refractivity contribution in [3.63, 3.8) is 0 Å². The van der Waals surface area contributed by atoms with Gasteiger partial charge in [-0.1, -0.05) is 52.4 Å². The maximum Gasteiger partial charge on any atom is 0.261 e. The Balaban J connectivity index is 1.34. The highest BCUT2D eigenvalue weighted by Crippen LogP contribution is 2.58. The van der Waals surface area contributed by atoms with Crippen LogP contribution in [0, 0.1) is 14.3 Å². The number of carbonyl (C=O) groups excluding carboxylic acids is 4. The minimum atomic E-state index is -0.438. The van der Waals surface area contributed by atoms with Crippen LogP contribution in [0.2, 0.25) is 0 Å². The van der Waals surface area contributed by atoms with Gasteiger partial charge in [-0.2, -0.15) is 0 Å². The first-order chi connectivity index (χ1) is 35.9. The maximum absolute atomic E-state index is 15.2. The van der Waals surface area contributed by atoms with E-state index < -0.39 is 23.6 Å². The van der Waals surface area contributed by atoms with Gasteiger partial charge in [0.15, 0.2) is 0 Å². The SMILES string of the molecule is CCCCCCN1C(=O)c2cc(Oc3ccc(I)cc3)c3c4c(Oc5ccc(I)cc5)cc5c6c(cc(Oc7ccc(I)cc7)c(c7c(Oc8ccc(I)cc8)cc(c2c37)C1=O)c64)C(=O)N(CCCCCC)C5=O. The highest BCUT2D eigenvalue weighted by molar-refractivity contribution is 14.1. The van der Waals surface area contributed by atoms with E-state index in [0.29, 0.717) is 102 Å².